The second-order valence-corrected chi connectivity index (χ2v) is 2.52. The number of aliphatic hydroxyl groups is 1. The lowest BCUT2D eigenvalue weighted by Crippen LogP contribution is -2.03. The Labute approximate surface area is 74.3 Å². The number of rotatable bonds is 2. The molecule has 68 valence electrons. The third-order valence-electron chi connectivity index (χ3n) is 1.58. The van der Waals surface area contributed by atoms with E-state index in [2.05, 4.69) is 4.85 Å². The van der Waals surface area contributed by atoms with Crippen molar-refractivity contribution >= 4 is 0 Å². The average molecular weight is 183 g/mol. The van der Waals surface area contributed by atoms with Crippen molar-refractivity contribution in [3.8, 4) is 0 Å². The lowest BCUT2D eigenvalue weighted by Gasteiger charge is -2.05. The van der Waals surface area contributed by atoms with Crippen molar-refractivity contribution in [2.24, 2.45) is 0 Å². The Morgan fingerprint density at radius 2 is 2.15 bits per heavy atom. The minimum absolute atomic E-state index is 0.170. The maximum Gasteiger partial charge on any atom is 0.244 e. The van der Waals surface area contributed by atoms with Crippen LogP contribution < -0.4 is 0 Å². The van der Waals surface area contributed by atoms with E-state index in [0.717, 1.165) is 18.2 Å². The number of nitrogens with zero attached hydrogens (tertiary/aromatic N) is 1. The van der Waals surface area contributed by atoms with Gasteiger partial charge in [0, 0.05) is 5.56 Å². The van der Waals surface area contributed by atoms with E-state index in [1.165, 1.54) is 0 Å². The van der Waals surface area contributed by atoms with Gasteiger partial charge in [-0.3, -0.25) is 0 Å². The second-order valence-electron chi connectivity index (χ2n) is 2.52. The summed E-state index contributed by atoms with van der Waals surface area (Å²) >= 11 is 0. The minimum atomic E-state index is -1.26. The van der Waals surface area contributed by atoms with Crippen molar-refractivity contribution in [1.29, 1.82) is 0 Å². The standard InChI is InChI=1S/C9H7F2NO/c1-12-5-9(13)7-4-6(10)2-3-8(7)11/h2-4,9,13H,5H2. The third-order valence-corrected chi connectivity index (χ3v) is 1.58. The monoisotopic (exact) mass is 183 g/mol. The van der Waals surface area contributed by atoms with Gasteiger partial charge in [-0.05, 0) is 18.2 Å². The van der Waals surface area contributed by atoms with Gasteiger partial charge in [0.05, 0.1) is 0 Å². The fourth-order valence-corrected chi connectivity index (χ4v) is 0.955. The van der Waals surface area contributed by atoms with E-state index in [1.54, 1.807) is 0 Å². The molecule has 0 saturated carbocycles. The van der Waals surface area contributed by atoms with Crippen LogP contribution in [0.1, 0.15) is 11.7 Å². The molecular weight excluding hydrogens is 176 g/mol. The van der Waals surface area contributed by atoms with Gasteiger partial charge >= 0.3 is 0 Å². The van der Waals surface area contributed by atoms with Gasteiger partial charge in [0.1, 0.15) is 11.6 Å². The molecule has 1 aromatic rings. The molecule has 0 heterocycles. The number of halogens is 2. The summed E-state index contributed by atoms with van der Waals surface area (Å²) in [4.78, 5) is 2.89. The van der Waals surface area contributed by atoms with Crippen LogP contribution in [0.3, 0.4) is 0 Å². The van der Waals surface area contributed by atoms with Gasteiger partial charge in [-0.25, -0.2) is 15.4 Å². The SMILES string of the molecule is [C-]#[N+]CC(O)c1cc(F)ccc1F. The minimum Gasteiger partial charge on any atom is -0.380 e. The molecule has 1 rings (SSSR count). The van der Waals surface area contributed by atoms with Crippen LogP contribution in [0, 0.1) is 18.2 Å². The summed E-state index contributed by atoms with van der Waals surface area (Å²) in [6.07, 6.45) is -1.26. The van der Waals surface area contributed by atoms with E-state index in [0.29, 0.717) is 0 Å². The summed E-state index contributed by atoms with van der Waals surface area (Å²) in [7, 11) is 0. The quantitative estimate of drug-likeness (QED) is 0.696. The van der Waals surface area contributed by atoms with Gasteiger partial charge < -0.3 is 9.95 Å². The van der Waals surface area contributed by atoms with Crippen LogP contribution in [-0.4, -0.2) is 11.7 Å². The lowest BCUT2D eigenvalue weighted by atomic mass is 10.1. The highest BCUT2D eigenvalue weighted by atomic mass is 19.1. The van der Waals surface area contributed by atoms with E-state index in [9.17, 15) is 13.9 Å². The van der Waals surface area contributed by atoms with Crippen LogP contribution in [0.2, 0.25) is 0 Å². The highest BCUT2D eigenvalue weighted by Gasteiger charge is 2.15. The highest BCUT2D eigenvalue weighted by Crippen LogP contribution is 2.18. The zero-order valence-corrected chi connectivity index (χ0v) is 6.67. The molecule has 0 aliphatic carbocycles. The molecular formula is C9H7F2NO. The van der Waals surface area contributed by atoms with Gasteiger partial charge in [0.2, 0.25) is 6.54 Å². The smallest absolute Gasteiger partial charge is 0.244 e. The van der Waals surface area contributed by atoms with Crippen LogP contribution in [0.25, 0.3) is 4.85 Å². The summed E-state index contributed by atoms with van der Waals surface area (Å²) in [5.74, 6) is -1.32. The normalized spacial score (nSPS) is 12.2. The molecule has 1 atom stereocenters. The highest BCUT2D eigenvalue weighted by molar-refractivity contribution is 5.21. The first-order valence-corrected chi connectivity index (χ1v) is 3.61. The fourth-order valence-electron chi connectivity index (χ4n) is 0.955. The first kappa shape index (κ1) is 9.62. The summed E-state index contributed by atoms with van der Waals surface area (Å²) in [6.45, 7) is 6.19. The maximum absolute atomic E-state index is 12.9. The first-order valence-electron chi connectivity index (χ1n) is 3.61. The summed E-state index contributed by atoms with van der Waals surface area (Å²) < 4.78 is 25.5. The number of aliphatic hydroxyl groups excluding tert-OH is 1. The van der Waals surface area contributed by atoms with Crippen LogP contribution in [0.15, 0.2) is 18.2 Å². The fraction of sp³-hybridized carbons (Fsp3) is 0.222. The van der Waals surface area contributed by atoms with Crippen molar-refractivity contribution in [1.82, 2.24) is 0 Å². The van der Waals surface area contributed by atoms with Crippen molar-refractivity contribution in [2.75, 3.05) is 6.54 Å². The van der Waals surface area contributed by atoms with E-state index in [4.69, 9.17) is 6.57 Å². The Bertz CT molecular complexity index is 346. The predicted octanol–water partition coefficient (Wildman–Crippen LogP) is 1.92. The molecule has 2 nitrogen and oxygen atoms in total. The summed E-state index contributed by atoms with van der Waals surface area (Å²) in [5, 5.41) is 9.21. The maximum atomic E-state index is 12.9. The van der Waals surface area contributed by atoms with E-state index < -0.39 is 17.7 Å². The summed E-state index contributed by atoms with van der Waals surface area (Å²) in [6, 6.07) is 2.78. The largest absolute Gasteiger partial charge is 0.380 e. The Morgan fingerprint density at radius 3 is 2.77 bits per heavy atom. The Morgan fingerprint density at radius 1 is 1.46 bits per heavy atom. The van der Waals surface area contributed by atoms with Crippen molar-refractivity contribution < 1.29 is 13.9 Å². The molecule has 0 aromatic heterocycles. The molecule has 1 aromatic carbocycles. The van der Waals surface area contributed by atoms with E-state index in [-0.39, 0.29) is 12.1 Å². The third kappa shape index (κ3) is 2.23. The average Bonchev–Trinajstić information content (AvgIpc) is 2.09. The summed E-state index contributed by atoms with van der Waals surface area (Å²) in [5.41, 5.74) is -0.170. The van der Waals surface area contributed by atoms with Crippen LogP contribution in [-0.2, 0) is 0 Å². The number of hydrogen-bond donors (Lipinski definition) is 1. The van der Waals surface area contributed by atoms with Crippen LogP contribution >= 0.6 is 0 Å². The van der Waals surface area contributed by atoms with Gasteiger partial charge in [0.15, 0.2) is 6.10 Å². The van der Waals surface area contributed by atoms with Crippen molar-refractivity contribution in [3.05, 3.63) is 46.8 Å². The predicted molar refractivity (Wildman–Crippen MR) is 42.8 cm³/mol. The Balaban J connectivity index is 3.00. The van der Waals surface area contributed by atoms with Crippen LogP contribution in [0.5, 0.6) is 0 Å². The molecule has 13 heavy (non-hydrogen) atoms. The molecule has 0 saturated heterocycles. The number of benzene rings is 1. The molecule has 1 N–H and O–H groups in total. The number of hydrogen-bond acceptors (Lipinski definition) is 1. The van der Waals surface area contributed by atoms with E-state index >= 15 is 0 Å². The molecule has 0 radical (unpaired) electrons. The zero-order valence-electron chi connectivity index (χ0n) is 6.67. The van der Waals surface area contributed by atoms with Crippen molar-refractivity contribution in [2.45, 2.75) is 6.10 Å². The zero-order chi connectivity index (χ0) is 9.84. The van der Waals surface area contributed by atoms with Gasteiger partial charge in [-0.15, -0.1) is 0 Å². The molecule has 0 amide bonds. The molecule has 0 spiro atoms. The topological polar surface area (TPSA) is 24.6 Å². The van der Waals surface area contributed by atoms with Crippen molar-refractivity contribution in [3.63, 3.8) is 0 Å². The Hall–Kier alpha value is -1.47. The van der Waals surface area contributed by atoms with Gasteiger partial charge in [0.25, 0.3) is 0 Å². The lowest BCUT2D eigenvalue weighted by molar-refractivity contribution is 0.190. The molecule has 4 heteroatoms. The molecule has 0 fully saturated rings. The van der Waals surface area contributed by atoms with Gasteiger partial charge in [-0.1, -0.05) is 0 Å². The van der Waals surface area contributed by atoms with Gasteiger partial charge in [-0.2, -0.15) is 0 Å². The molecule has 0 bridgehead atoms. The van der Waals surface area contributed by atoms with Crippen LogP contribution in [0.4, 0.5) is 8.78 Å². The Kier molecular flexibility index (Phi) is 2.93. The van der Waals surface area contributed by atoms with E-state index in [1.807, 2.05) is 0 Å². The molecule has 1 unspecified atom stereocenters. The second kappa shape index (κ2) is 3.97. The molecule has 0 aliphatic rings. The first-order chi connectivity index (χ1) is 6.15. The molecule has 0 aliphatic heterocycles.